The Hall–Kier alpha value is -2.81. The Kier molecular flexibility index (Phi) is 6.83. The molecule has 2 amide bonds. The van der Waals surface area contributed by atoms with Crippen LogP contribution in [0.5, 0.6) is 0 Å². The summed E-state index contributed by atoms with van der Waals surface area (Å²) in [5, 5.41) is 7.86. The molecule has 0 saturated heterocycles. The Labute approximate surface area is 188 Å². The number of nitrogens with one attached hydrogen (secondary N) is 2. The average molecular weight is 461 g/mol. The fourth-order valence-corrected chi connectivity index (χ4v) is 5.10. The SMILES string of the molecule is O=C(NCc1ccc(C(F)(F)F)nc1SC1CCCCC1)Nc1cccc2ccncc12. The van der Waals surface area contributed by atoms with Crippen LogP contribution in [0, 0.1) is 0 Å². The van der Waals surface area contributed by atoms with Crippen LogP contribution >= 0.6 is 11.8 Å². The van der Waals surface area contributed by atoms with Crippen molar-refractivity contribution >= 4 is 34.3 Å². The molecule has 1 saturated carbocycles. The third-order valence-electron chi connectivity index (χ3n) is 5.43. The molecule has 0 unspecified atom stereocenters. The van der Waals surface area contributed by atoms with E-state index in [0.717, 1.165) is 48.9 Å². The lowest BCUT2D eigenvalue weighted by atomic mass is 10.0. The second-order valence-electron chi connectivity index (χ2n) is 7.75. The lowest BCUT2D eigenvalue weighted by Crippen LogP contribution is -2.28. The van der Waals surface area contributed by atoms with E-state index in [1.165, 1.54) is 17.8 Å². The third kappa shape index (κ3) is 5.51. The van der Waals surface area contributed by atoms with E-state index in [4.69, 9.17) is 0 Å². The summed E-state index contributed by atoms with van der Waals surface area (Å²) < 4.78 is 39.6. The number of fused-ring (bicyclic) bond motifs is 1. The van der Waals surface area contributed by atoms with Crippen LogP contribution in [-0.2, 0) is 12.7 Å². The van der Waals surface area contributed by atoms with Crippen LogP contribution in [0.3, 0.4) is 0 Å². The van der Waals surface area contributed by atoms with Crippen molar-refractivity contribution in [3.63, 3.8) is 0 Å². The van der Waals surface area contributed by atoms with Gasteiger partial charge in [0, 0.05) is 35.1 Å². The lowest BCUT2D eigenvalue weighted by molar-refractivity contribution is -0.141. The van der Waals surface area contributed by atoms with E-state index in [0.29, 0.717) is 16.3 Å². The van der Waals surface area contributed by atoms with E-state index in [1.54, 1.807) is 18.5 Å². The fraction of sp³-hybridized carbons (Fsp3) is 0.348. The maximum atomic E-state index is 13.2. The number of halogens is 3. The summed E-state index contributed by atoms with van der Waals surface area (Å²) in [5.41, 5.74) is 0.269. The molecule has 1 aromatic carbocycles. The fourth-order valence-electron chi connectivity index (χ4n) is 3.77. The topological polar surface area (TPSA) is 66.9 Å². The zero-order valence-electron chi connectivity index (χ0n) is 17.3. The number of pyridine rings is 2. The van der Waals surface area contributed by atoms with Crippen molar-refractivity contribution in [3.8, 4) is 0 Å². The molecule has 2 aromatic heterocycles. The van der Waals surface area contributed by atoms with Crippen molar-refractivity contribution in [1.29, 1.82) is 0 Å². The van der Waals surface area contributed by atoms with Crippen molar-refractivity contribution in [3.05, 3.63) is 60.0 Å². The van der Waals surface area contributed by atoms with E-state index >= 15 is 0 Å². The van der Waals surface area contributed by atoms with E-state index < -0.39 is 17.9 Å². The molecule has 32 heavy (non-hydrogen) atoms. The second-order valence-corrected chi connectivity index (χ2v) is 9.04. The number of hydrogen-bond donors (Lipinski definition) is 2. The molecule has 0 radical (unpaired) electrons. The molecule has 3 aromatic rings. The molecule has 9 heteroatoms. The van der Waals surface area contributed by atoms with Gasteiger partial charge in [-0.2, -0.15) is 13.2 Å². The first kappa shape index (κ1) is 22.4. The Morgan fingerprint density at radius 3 is 2.69 bits per heavy atom. The number of thioether (sulfide) groups is 1. The van der Waals surface area contributed by atoms with Gasteiger partial charge in [-0.3, -0.25) is 4.98 Å². The van der Waals surface area contributed by atoms with Gasteiger partial charge in [-0.25, -0.2) is 9.78 Å². The summed E-state index contributed by atoms with van der Waals surface area (Å²) in [6.45, 7) is 0.0784. The number of aromatic nitrogens is 2. The lowest BCUT2D eigenvalue weighted by Gasteiger charge is -2.22. The first-order valence-electron chi connectivity index (χ1n) is 10.5. The smallest absolute Gasteiger partial charge is 0.334 e. The Balaban J connectivity index is 1.48. The standard InChI is InChI=1S/C23H23F3N4OS/c24-23(25,26)20-10-9-16(21(30-20)32-17-6-2-1-3-7-17)13-28-22(31)29-19-8-4-5-15-11-12-27-14-18(15)19/h4-5,8-12,14,17H,1-3,6-7,13H2,(H2,28,29,31). The molecule has 4 rings (SSSR count). The number of amides is 2. The van der Waals surface area contributed by atoms with Crippen molar-refractivity contribution < 1.29 is 18.0 Å². The highest BCUT2D eigenvalue weighted by atomic mass is 32.2. The molecule has 168 valence electrons. The van der Waals surface area contributed by atoms with E-state index in [-0.39, 0.29) is 11.8 Å². The molecule has 5 nitrogen and oxygen atoms in total. The van der Waals surface area contributed by atoms with Gasteiger partial charge in [-0.05, 0) is 36.4 Å². The predicted molar refractivity (Wildman–Crippen MR) is 120 cm³/mol. The minimum absolute atomic E-state index is 0.0784. The Morgan fingerprint density at radius 2 is 1.91 bits per heavy atom. The van der Waals surface area contributed by atoms with Crippen LogP contribution in [-0.4, -0.2) is 21.2 Å². The molecule has 2 N–H and O–H groups in total. The molecule has 0 aliphatic heterocycles. The van der Waals surface area contributed by atoms with Crippen molar-refractivity contribution in [1.82, 2.24) is 15.3 Å². The zero-order chi connectivity index (χ0) is 22.6. The van der Waals surface area contributed by atoms with Crippen LogP contribution < -0.4 is 10.6 Å². The molecular formula is C23H23F3N4OS. The predicted octanol–water partition coefficient (Wildman–Crippen LogP) is 6.40. The van der Waals surface area contributed by atoms with Gasteiger partial charge >= 0.3 is 12.2 Å². The molecule has 1 fully saturated rings. The number of carbonyl (C=O) groups excluding carboxylic acids is 1. The average Bonchev–Trinajstić information content (AvgIpc) is 2.78. The van der Waals surface area contributed by atoms with Crippen molar-refractivity contribution in [2.24, 2.45) is 0 Å². The Morgan fingerprint density at radius 1 is 1.09 bits per heavy atom. The molecule has 1 aliphatic rings. The van der Waals surface area contributed by atoms with Gasteiger partial charge in [0.1, 0.15) is 10.7 Å². The van der Waals surface area contributed by atoms with Crippen molar-refractivity contribution in [2.45, 2.75) is 55.1 Å². The first-order valence-corrected chi connectivity index (χ1v) is 11.4. The maximum Gasteiger partial charge on any atom is 0.433 e. The molecule has 0 atom stereocenters. The van der Waals surface area contributed by atoms with Gasteiger partial charge < -0.3 is 10.6 Å². The summed E-state index contributed by atoms with van der Waals surface area (Å²) in [5.74, 6) is 0. The largest absolute Gasteiger partial charge is 0.433 e. The van der Waals surface area contributed by atoms with Crippen LogP contribution in [0.2, 0.25) is 0 Å². The molecule has 2 heterocycles. The van der Waals surface area contributed by atoms with Gasteiger partial charge in [-0.1, -0.05) is 37.5 Å². The minimum Gasteiger partial charge on any atom is -0.334 e. The molecule has 1 aliphatic carbocycles. The van der Waals surface area contributed by atoms with Gasteiger partial charge in [-0.15, -0.1) is 11.8 Å². The number of carbonyl (C=O) groups is 1. The van der Waals surface area contributed by atoms with Gasteiger partial charge in [0.05, 0.1) is 5.69 Å². The number of rotatable bonds is 5. The summed E-state index contributed by atoms with van der Waals surface area (Å²) in [4.78, 5) is 20.5. The highest BCUT2D eigenvalue weighted by molar-refractivity contribution is 7.99. The number of nitrogens with zero attached hydrogens (tertiary/aromatic N) is 2. The maximum absolute atomic E-state index is 13.2. The number of anilines is 1. The van der Waals surface area contributed by atoms with Crippen LogP contribution in [0.4, 0.5) is 23.7 Å². The zero-order valence-corrected chi connectivity index (χ0v) is 18.1. The van der Waals surface area contributed by atoms with Crippen LogP contribution in [0.25, 0.3) is 10.8 Å². The van der Waals surface area contributed by atoms with Crippen LogP contribution in [0.1, 0.15) is 43.4 Å². The molecule has 0 bridgehead atoms. The van der Waals surface area contributed by atoms with E-state index in [1.807, 2.05) is 18.2 Å². The summed E-state index contributed by atoms with van der Waals surface area (Å²) in [7, 11) is 0. The second kappa shape index (κ2) is 9.77. The quantitative estimate of drug-likeness (QED) is 0.463. The summed E-state index contributed by atoms with van der Waals surface area (Å²) in [6.07, 6.45) is 4.08. The van der Waals surface area contributed by atoms with Gasteiger partial charge in [0.25, 0.3) is 0 Å². The Bertz CT molecular complexity index is 1090. The normalized spacial score (nSPS) is 15.0. The summed E-state index contributed by atoms with van der Waals surface area (Å²) >= 11 is 1.39. The van der Waals surface area contributed by atoms with Crippen molar-refractivity contribution in [2.75, 3.05) is 5.32 Å². The monoisotopic (exact) mass is 460 g/mol. The molecule has 0 spiro atoms. The number of urea groups is 1. The number of hydrogen-bond acceptors (Lipinski definition) is 4. The van der Waals surface area contributed by atoms with E-state index in [9.17, 15) is 18.0 Å². The van der Waals surface area contributed by atoms with E-state index in [2.05, 4.69) is 20.6 Å². The summed E-state index contributed by atoms with van der Waals surface area (Å²) in [6, 6.07) is 9.29. The number of benzene rings is 1. The van der Waals surface area contributed by atoms with Crippen LogP contribution in [0.15, 0.2) is 53.8 Å². The highest BCUT2D eigenvalue weighted by Gasteiger charge is 2.33. The van der Waals surface area contributed by atoms with Gasteiger partial charge in [0.2, 0.25) is 0 Å². The number of alkyl halides is 3. The molecular weight excluding hydrogens is 437 g/mol. The van der Waals surface area contributed by atoms with Gasteiger partial charge in [0.15, 0.2) is 0 Å². The third-order valence-corrected chi connectivity index (χ3v) is 6.81. The first-order chi connectivity index (χ1) is 15.4. The highest BCUT2D eigenvalue weighted by Crippen LogP contribution is 2.36. The minimum atomic E-state index is -4.51.